The van der Waals surface area contributed by atoms with Gasteiger partial charge in [0.2, 0.25) is 5.91 Å². The van der Waals surface area contributed by atoms with Crippen molar-refractivity contribution in [2.24, 2.45) is 22.7 Å². The number of amidine groups is 1. The molecule has 9 heteroatoms. The van der Waals surface area contributed by atoms with Crippen LogP contribution in [0.15, 0.2) is 5.10 Å². The van der Waals surface area contributed by atoms with Gasteiger partial charge in [-0.25, -0.2) is 0 Å². The van der Waals surface area contributed by atoms with Gasteiger partial charge in [-0.2, -0.15) is 5.10 Å². The van der Waals surface area contributed by atoms with Crippen LogP contribution < -0.4 is 27.1 Å². The number of nitrogens with one attached hydrogen (secondary N) is 4. The van der Waals surface area contributed by atoms with Gasteiger partial charge in [0.05, 0.1) is 30.9 Å². The summed E-state index contributed by atoms with van der Waals surface area (Å²) in [5.74, 6) is 0.286. The number of aliphatic hydroxyl groups excluding tert-OH is 1. The van der Waals surface area contributed by atoms with E-state index >= 15 is 0 Å². The normalized spacial score (nSPS) is 36.9. The smallest absolute Gasteiger partial charge is 0.230 e. The van der Waals surface area contributed by atoms with Gasteiger partial charge in [0.15, 0.2) is 0 Å². The van der Waals surface area contributed by atoms with Crippen LogP contribution in [0, 0.1) is 11.8 Å². The summed E-state index contributed by atoms with van der Waals surface area (Å²) in [4.78, 5) is 15.2. The van der Waals surface area contributed by atoms with E-state index in [1.165, 1.54) is 0 Å². The summed E-state index contributed by atoms with van der Waals surface area (Å²) in [7, 11) is 0. The van der Waals surface area contributed by atoms with E-state index in [1.807, 2.05) is 0 Å². The van der Waals surface area contributed by atoms with E-state index in [0.717, 1.165) is 0 Å². The Balaban J connectivity index is 1.73. The van der Waals surface area contributed by atoms with E-state index in [9.17, 15) is 4.79 Å². The van der Waals surface area contributed by atoms with Crippen LogP contribution in [0.3, 0.4) is 0 Å². The van der Waals surface area contributed by atoms with Gasteiger partial charge >= 0.3 is 0 Å². The van der Waals surface area contributed by atoms with Crippen molar-refractivity contribution < 1.29 is 9.90 Å². The Hall–Kier alpha value is -1.26. The minimum atomic E-state index is -0.229. The molecule has 136 valence electrons. The van der Waals surface area contributed by atoms with Crippen molar-refractivity contribution in [3.8, 4) is 0 Å². The number of amides is 1. The van der Waals surface area contributed by atoms with Crippen LogP contribution in [-0.2, 0) is 4.79 Å². The maximum absolute atomic E-state index is 12.8. The summed E-state index contributed by atoms with van der Waals surface area (Å²) < 4.78 is 0. The molecule has 3 aliphatic heterocycles. The van der Waals surface area contributed by atoms with E-state index in [2.05, 4.69) is 52.1 Å². The van der Waals surface area contributed by atoms with Crippen molar-refractivity contribution in [1.82, 2.24) is 26.3 Å². The molecular weight excluding hydrogens is 310 g/mol. The predicted octanol–water partition coefficient (Wildman–Crippen LogP) is -2.12. The largest absolute Gasteiger partial charge is 0.394 e. The summed E-state index contributed by atoms with van der Waals surface area (Å²) in [6.07, 6.45) is 0.369. The lowest BCUT2D eigenvalue weighted by atomic mass is 9.89. The molecule has 9 nitrogen and oxygen atoms in total. The van der Waals surface area contributed by atoms with Gasteiger partial charge in [-0.3, -0.25) is 20.3 Å². The number of hydrogen-bond acceptors (Lipinski definition) is 8. The molecule has 0 aromatic heterocycles. The first kappa shape index (κ1) is 17.6. The fraction of sp³-hybridized carbons (Fsp3) is 0.867. The molecule has 0 radical (unpaired) electrons. The lowest BCUT2D eigenvalue weighted by Gasteiger charge is -2.42. The number of nitrogens with zero attached hydrogens (tertiary/aromatic N) is 2. The van der Waals surface area contributed by atoms with E-state index in [0.29, 0.717) is 25.5 Å². The average molecular weight is 339 g/mol. The topological polar surface area (TPSA) is 127 Å². The molecule has 3 aliphatic rings. The Morgan fingerprint density at radius 2 is 2.21 bits per heavy atom. The molecule has 2 fully saturated rings. The van der Waals surface area contributed by atoms with Crippen LogP contribution >= 0.6 is 0 Å². The highest BCUT2D eigenvalue weighted by molar-refractivity contribution is 6.00. The van der Waals surface area contributed by atoms with E-state index in [4.69, 9.17) is 10.8 Å². The molecule has 0 bridgehead atoms. The zero-order chi connectivity index (χ0) is 17.5. The van der Waals surface area contributed by atoms with E-state index < -0.39 is 0 Å². The highest BCUT2D eigenvalue weighted by Gasteiger charge is 2.52. The fourth-order valence-corrected chi connectivity index (χ4v) is 3.85. The van der Waals surface area contributed by atoms with Crippen LogP contribution in [0.5, 0.6) is 0 Å². The van der Waals surface area contributed by atoms with E-state index in [-0.39, 0.29) is 48.3 Å². The number of hydrogen-bond donors (Lipinski definition) is 6. The van der Waals surface area contributed by atoms with Crippen molar-refractivity contribution in [2.45, 2.75) is 51.1 Å². The molecule has 24 heavy (non-hydrogen) atoms. The first-order chi connectivity index (χ1) is 11.3. The lowest BCUT2D eigenvalue weighted by Crippen LogP contribution is -2.65. The maximum atomic E-state index is 12.8. The zero-order valence-corrected chi connectivity index (χ0v) is 14.5. The van der Waals surface area contributed by atoms with E-state index in [1.54, 1.807) is 0 Å². The molecule has 2 saturated heterocycles. The van der Waals surface area contributed by atoms with Crippen molar-refractivity contribution >= 4 is 11.7 Å². The molecule has 0 aliphatic carbocycles. The molecule has 5 unspecified atom stereocenters. The molecule has 0 saturated carbocycles. The van der Waals surface area contributed by atoms with Gasteiger partial charge in [0.1, 0.15) is 5.84 Å². The molecule has 0 aromatic carbocycles. The molecule has 0 aromatic rings. The van der Waals surface area contributed by atoms with Gasteiger partial charge in [-0.05, 0) is 20.8 Å². The number of fused-ring (bicyclic) bond motifs is 1. The van der Waals surface area contributed by atoms with Crippen molar-refractivity contribution in [2.75, 3.05) is 19.8 Å². The molecule has 5 atom stereocenters. The minimum absolute atomic E-state index is 0.00643. The second-order valence-corrected chi connectivity index (χ2v) is 7.82. The summed E-state index contributed by atoms with van der Waals surface area (Å²) in [5.41, 5.74) is 9.03. The third-order valence-electron chi connectivity index (χ3n) is 5.13. The van der Waals surface area contributed by atoms with Gasteiger partial charge in [0.25, 0.3) is 0 Å². The van der Waals surface area contributed by atoms with Crippen LogP contribution in [-0.4, -0.2) is 65.5 Å². The van der Waals surface area contributed by atoms with Gasteiger partial charge in [-0.15, -0.1) is 0 Å². The first-order valence-electron chi connectivity index (χ1n) is 8.54. The molecule has 0 spiro atoms. The predicted molar refractivity (Wildman–Crippen MR) is 90.5 cm³/mol. The third kappa shape index (κ3) is 3.27. The number of carbonyl (C=O) groups excluding carboxylic acids is 1. The Morgan fingerprint density at radius 3 is 2.83 bits per heavy atom. The number of aliphatic hydroxyl groups is 1. The second kappa shape index (κ2) is 6.57. The summed E-state index contributed by atoms with van der Waals surface area (Å²) >= 11 is 0. The van der Waals surface area contributed by atoms with Crippen LogP contribution in [0.25, 0.3) is 0 Å². The Morgan fingerprint density at radius 1 is 1.46 bits per heavy atom. The number of carbonyl (C=O) groups is 1. The molecule has 3 heterocycles. The second-order valence-electron chi connectivity index (χ2n) is 7.82. The zero-order valence-electron chi connectivity index (χ0n) is 14.5. The van der Waals surface area contributed by atoms with Gasteiger partial charge < -0.3 is 21.6 Å². The third-order valence-corrected chi connectivity index (χ3v) is 5.13. The number of likely N-dealkylation sites (tertiary alicyclic amines) is 1. The summed E-state index contributed by atoms with van der Waals surface area (Å²) in [6.45, 7) is 7.73. The number of hydrazone groups is 1. The Labute approximate surface area is 142 Å². The highest BCUT2D eigenvalue weighted by Crippen LogP contribution is 2.36. The van der Waals surface area contributed by atoms with Gasteiger partial charge in [0, 0.05) is 31.1 Å². The number of rotatable bonds is 2. The first-order valence-corrected chi connectivity index (χ1v) is 8.54. The van der Waals surface area contributed by atoms with Crippen LogP contribution in [0.1, 0.15) is 27.2 Å². The number of nitrogens with two attached hydrogens (primary N) is 1. The lowest BCUT2D eigenvalue weighted by molar-refractivity contribution is -0.124. The Bertz CT molecular complexity index is 518. The highest BCUT2D eigenvalue weighted by atomic mass is 16.3. The SMILES string of the molecule is CC(C)(C)N1CC(C(=O)NC2=NNC(CO)C2)C2C(N)NCNC21. The van der Waals surface area contributed by atoms with Crippen LogP contribution in [0.4, 0.5) is 0 Å². The van der Waals surface area contributed by atoms with Crippen LogP contribution in [0.2, 0.25) is 0 Å². The fourth-order valence-electron chi connectivity index (χ4n) is 3.85. The van der Waals surface area contributed by atoms with Crippen molar-refractivity contribution in [1.29, 1.82) is 0 Å². The summed E-state index contributed by atoms with van der Waals surface area (Å²) in [6, 6.07) is -0.122. The molecule has 1 amide bonds. The monoisotopic (exact) mass is 339 g/mol. The quantitative estimate of drug-likeness (QED) is 0.339. The van der Waals surface area contributed by atoms with Gasteiger partial charge in [-0.1, -0.05) is 0 Å². The standard InChI is InChI=1S/C15H29N7O2/c1-15(2,3)22-5-9(11-12(16)17-7-18-13(11)22)14(24)19-10-4-8(6-23)20-21-10/h8-9,11-13,17-18,20,23H,4-7,16H2,1-3H3,(H,19,21,24). The minimum Gasteiger partial charge on any atom is -0.394 e. The molecule has 7 N–H and O–H groups in total. The summed E-state index contributed by atoms with van der Waals surface area (Å²) in [5, 5.41) is 22.8. The molecular formula is C15H29N7O2. The molecule has 3 rings (SSSR count). The Kier molecular flexibility index (Phi) is 4.80. The average Bonchev–Trinajstić information content (AvgIpc) is 3.11. The van der Waals surface area contributed by atoms with Crippen molar-refractivity contribution in [3.05, 3.63) is 0 Å². The van der Waals surface area contributed by atoms with Crippen molar-refractivity contribution in [3.63, 3.8) is 0 Å². The maximum Gasteiger partial charge on any atom is 0.230 e.